The average Bonchev–Trinajstić information content (AvgIpc) is 2.53. The van der Waals surface area contributed by atoms with Crippen molar-refractivity contribution in [2.45, 2.75) is 38.1 Å². The van der Waals surface area contributed by atoms with Crippen LogP contribution in [0.15, 0.2) is 60.7 Å². The van der Waals surface area contributed by atoms with Crippen molar-refractivity contribution in [3.8, 4) is 0 Å². The molecule has 0 spiro atoms. The van der Waals surface area contributed by atoms with E-state index in [-0.39, 0.29) is 0 Å². The molecule has 0 aromatic heterocycles. The van der Waals surface area contributed by atoms with Crippen LogP contribution in [0.5, 0.6) is 0 Å². The van der Waals surface area contributed by atoms with Crippen molar-refractivity contribution in [1.82, 2.24) is 4.90 Å². The van der Waals surface area contributed by atoms with Gasteiger partial charge in [0.1, 0.15) is 0 Å². The first-order valence-corrected chi connectivity index (χ1v) is 7.98. The number of nitrogens with zero attached hydrogens (tertiary/aromatic N) is 1. The molecule has 2 rings (SSSR count). The summed E-state index contributed by atoms with van der Waals surface area (Å²) in [7, 11) is 4.40. The first-order valence-electron chi connectivity index (χ1n) is 7.98. The lowest BCUT2D eigenvalue weighted by molar-refractivity contribution is 0.255. The van der Waals surface area contributed by atoms with Gasteiger partial charge in [-0.2, -0.15) is 0 Å². The molecule has 0 unspecified atom stereocenters. The van der Waals surface area contributed by atoms with Crippen LogP contribution in [0.3, 0.4) is 0 Å². The fraction of sp³-hybridized carbons (Fsp3) is 0.400. The quantitative estimate of drug-likeness (QED) is 0.695. The molecule has 1 heteroatoms. The van der Waals surface area contributed by atoms with Gasteiger partial charge in [-0.1, -0.05) is 74.0 Å². The van der Waals surface area contributed by atoms with Crippen LogP contribution in [0, 0.1) is 0 Å². The second-order valence-corrected chi connectivity index (χ2v) is 6.02. The molecule has 1 atom stereocenters. The second kappa shape index (κ2) is 7.99. The summed E-state index contributed by atoms with van der Waals surface area (Å²) in [6, 6.07) is 22.5. The molecule has 0 aliphatic carbocycles. The molecule has 21 heavy (non-hydrogen) atoms. The topological polar surface area (TPSA) is 3.24 Å². The van der Waals surface area contributed by atoms with E-state index in [4.69, 9.17) is 0 Å². The van der Waals surface area contributed by atoms with E-state index < -0.39 is 0 Å². The van der Waals surface area contributed by atoms with E-state index in [1.807, 2.05) is 0 Å². The van der Waals surface area contributed by atoms with E-state index in [2.05, 4.69) is 86.6 Å². The van der Waals surface area contributed by atoms with Crippen LogP contribution in [0.4, 0.5) is 0 Å². The Kier molecular flexibility index (Phi) is 6.01. The molecule has 0 amide bonds. The van der Waals surface area contributed by atoms with Crippen LogP contribution < -0.4 is 0 Å². The van der Waals surface area contributed by atoms with Crippen molar-refractivity contribution < 1.29 is 0 Å². The van der Waals surface area contributed by atoms with Crippen LogP contribution in [0.2, 0.25) is 0 Å². The molecule has 0 N–H and O–H groups in total. The number of hydrogen-bond acceptors (Lipinski definition) is 1. The Hall–Kier alpha value is -1.60. The molecule has 112 valence electrons. The molecule has 0 aliphatic rings. The molecule has 0 heterocycles. The van der Waals surface area contributed by atoms with Crippen LogP contribution in [-0.4, -0.2) is 25.0 Å². The average molecular weight is 281 g/mol. The molecule has 0 saturated heterocycles. The lowest BCUT2D eigenvalue weighted by atomic mass is 9.84. The van der Waals surface area contributed by atoms with Gasteiger partial charge in [0.25, 0.3) is 0 Å². The highest BCUT2D eigenvalue weighted by Gasteiger charge is 2.20. The maximum atomic E-state index is 2.38. The lowest BCUT2D eigenvalue weighted by Crippen LogP contribution is -2.29. The second-order valence-electron chi connectivity index (χ2n) is 6.02. The summed E-state index contributed by atoms with van der Waals surface area (Å²) in [5.41, 5.74) is 2.85. The molecule has 0 radical (unpaired) electrons. The van der Waals surface area contributed by atoms with Gasteiger partial charge >= 0.3 is 0 Å². The molecule has 0 bridgehead atoms. The standard InChI is InChI=1S/C20H27N/c1-4-11-19(21(2)3)16-20(17-12-7-5-8-13-17)18-14-9-6-10-15-18/h5-10,12-15,19-20H,4,11,16H2,1-3H3/t19-/m1/s1. The number of rotatable bonds is 7. The Balaban J connectivity index is 2.28. The highest BCUT2D eigenvalue weighted by Crippen LogP contribution is 2.31. The van der Waals surface area contributed by atoms with Crippen molar-refractivity contribution in [3.05, 3.63) is 71.8 Å². The summed E-state index contributed by atoms with van der Waals surface area (Å²) in [5.74, 6) is 0.478. The molecule has 0 fully saturated rings. The van der Waals surface area contributed by atoms with Gasteiger partial charge in [-0.3, -0.25) is 0 Å². The Morgan fingerprint density at radius 1 is 0.810 bits per heavy atom. The lowest BCUT2D eigenvalue weighted by Gasteiger charge is -2.29. The van der Waals surface area contributed by atoms with Crippen LogP contribution in [0.25, 0.3) is 0 Å². The molecular weight excluding hydrogens is 254 g/mol. The fourth-order valence-corrected chi connectivity index (χ4v) is 3.03. The highest BCUT2D eigenvalue weighted by molar-refractivity contribution is 5.32. The number of benzene rings is 2. The van der Waals surface area contributed by atoms with E-state index in [0.717, 1.165) is 0 Å². The largest absolute Gasteiger partial charge is 0.306 e. The van der Waals surface area contributed by atoms with Crippen LogP contribution in [-0.2, 0) is 0 Å². The first kappa shape index (κ1) is 15.8. The normalized spacial score (nSPS) is 12.8. The molecular formula is C20H27N. The van der Waals surface area contributed by atoms with Gasteiger partial charge in [-0.25, -0.2) is 0 Å². The van der Waals surface area contributed by atoms with Gasteiger partial charge < -0.3 is 4.90 Å². The predicted octanol–water partition coefficient (Wildman–Crippen LogP) is 4.94. The van der Waals surface area contributed by atoms with Crippen molar-refractivity contribution >= 4 is 0 Å². The summed E-state index contributed by atoms with van der Waals surface area (Å²) in [5, 5.41) is 0. The zero-order valence-corrected chi connectivity index (χ0v) is 13.5. The van der Waals surface area contributed by atoms with Crippen LogP contribution in [0.1, 0.15) is 43.2 Å². The van der Waals surface area contributed by atoms with E-state index >= 15 is 0 Å². The molecule has 2 aromatic carbocycles. The Morgan fingerprint density at radius 2 is 1.29 bits per heavy atom. The van der Waals surface area contributed by atoms with Crippen LogP contribution >= 0.6 is 0 Å². The monoisotopic (exact) mass is 281 g/mol. The summed E-state index contributed by atoms with van der Waals surface area (Å²) >= 11 is 0. The van der Waals surface area contributed by atoms with E-state index in [1.165, 1.54) is 30.4 Å². The third kappa shape index (κ3) is 4.44. The minimum atomic E-state index is 0.478. The molecule has 1 nitrogen and oxygen atoms in total. The molecule has 0 aliphatic heterocycles. The van der Waals surface area contributed by atoms with Gasteiger partial charge in [-0.15, -0.1) is 0 Å². The van der Waals surface area contributed by atoms with E-state index in [1.54, 1.807) is 0 Å². The van der Waals surface area contributed by atoms with Gasteiger partial charge in [0, 0.05) is 12.0 Å². The van der Waals surface area contributed by atoms with Crippen molar-refractivity contribution in [2.24, 2.45) is 0 Å². The third-order valence-electron chi connectivity index (χ3n) is 4.26. The summed E-state index contributed by atoms with van der Waals surface area (Å²) in [6.45, 7) is 2.27. The minimum absolute atomic E-state index is 0.478. The SMILES string of the molecule is CCC[C@H](CC(c1ccccc1)c1ccccc1)N(C)C. The molecule has 2 aromatic rings. The van der Waals surface area contributed by atoms with E-state index in [9.17, 15) is 0 Å². The summed E-state index contributed by atoms with van der Waals surface area (Å²) < 4.78 is 0. The summed E-state index contributed by atoms with van der Waals surface area (Å²) in [6.07, 6.45) is 3.66. The number of hydrogen-bond donors (Lipinski definition) is 0. The van der Waals surface area contributed by atoms with Crippen molar-refractivity contribution in [1.29, 1.82) is 0 Å². The minimum Gasteiger partial charge on any atom is -0.306 e. The maximum absolute atomic E-state index is 2.38. The van der Waals surface area contributed by atoms with Gasteiger partial charge in [0.05, 0.1) is 0 Å². The first-order chi connectivity index (χ1) is 10.2. The van der Waals surface area contributed by atoms with Crippen molar-refractivity contribution in [3.63, 3.8) is 0 Å². The summed E-state index contributed by atoms with van der Waals surface area (Å²) in [4.78, 5) is 2.38. The Morgan fingerprint density at radius 3 is 1.67 bits per heavy atom. The highest BCUT2D eigenvalue weighted by atomic mass is 15.1. The Labute approximate surface area is 129 Å². The zero-order valence-electron chi connectivity index (χ0n) is 13.5. The maximum Gasteiger partial charge on any atom is 0.0104 e. The van der Waals surface area contributed by atoms with Gasteiger partial charge in [-0.05, 0) is 38.1 Å². The smallest absolute Gasteiger partial charge is 0.0104 e. The fourth-order valence-electron chi connectivity index (χ4n) is 3.03. The third-order valence-corrected chi connectivity index (χ3v) is 4.26. The van der Waals surface area contributed by atoms with Gasteiger partial charge in [0.15, 0.2) is 0 Å². The molecule has 0 saturated carbocycles. The zero-order chi connectivity index (χ0) is 15.1. The predicted molar refractivity (Wildman–Crippen MR) is 91.7 cm³/mol. The Bertz CT molecular complexity index is 464. The van der Waals surface area contributed by atoms with Gasteiger partial charge in [0.2, 0.25) is 0 Å². The van der Waals surface area contributed by atoms with E-state index in [0.29, 0.717) is 12.0 Å². The van der Waals surface area contributed by atoms with Crippen molar-refractivity contribution in [2.75, 3.05) is 14.1 Å².